The SMILES string of the molecule is CCC(C)C(N)C(=O)NCc1ccc(SC)cc1.Cl. The average Bonchev–Trinajstić information content (AvgIpc) is 2.43. The number of carbonyl (C=O) groups is 1. The summed E-state index contributed by atoms with van der Waals surface area (Å²) in [4.78, 5) is 13.0. The lowest BCUT2D eigenvalue weighted by molar-refractivity contribution is -0.123. The summed E-state index contributed by atoms with van der Waals surface area (Å²) in [6.07, 6.45) is 2.96. The van der Waals surface area contributed by atoms with Gasteiger partial charge >= 0.3 is 0 Å². The summed E-state index contributed by atoms with van der Waals surface area (Å²) < 4.78 is 0. The molecule has 0 bridgehead atoms. The van der Waals surface area contributed by atoms with Crippen LogP contribution in [0.4, 0.5) is 0 Å². The van der Waals surface area contributed by atoms with Gasteiger partial charge < -0.3 is 11.1 Å². The zero-order valence-electron chi connectivity index (χ0n) is 11.7. The predicted octanol–water partition coefficient (Wildman–Crippen LogP) is 2.82. The highest BCUT2D eigenvalue weighted by molar-refractivity contribution is 7.98. The van der Waals surface area contributed by atoms with Gasteiger partial charge in [0, 0.05) is 11.4 Å². The van der Waals surface area contributed by atoms with Crippen molar-refractivity contribution in [2.24, 2.45) is 11.7 Å². The van der Waals surface area contributed by atoms with Gasteiger partial charge in [-0.25, -0.2) is 0 Å². The smallest absolute Gasteiger partial charge is 0.237 e. The highest BCUT2D eigenvalue weighted by atomic mass is 35.5. The fraction of sp³-hybridized carbons (Fsp3) is 0.500. The number of rotatable bonds is 6. The van der Waals surface area contributed by atoms with E-state index in [9.17, 15) is 4.79 Å². The molecule has 0 radical (unpaired) electrons. The van der Waals surface area contributed by atoms with Crippen LogP contribution in [-0.2, 0) is 11.3 Å². The maximum absolute atomic E-state index is 11.8. The molecular weight excluding hydrogens is 280 g/mol. The largest absolute Gasteiger partial charge is 0.351 e. The van der Waals surface area contributed by atoms with Gasteiger partial charge in [0.15, 0.2) is 0 Å². The molecule has 0 fully saturated rings. The number of hydrogen-bond donors (Lipinski definition) is 2. The molecule has 2 unspecified atom stereocenters. The van der Waals surface area contributed by atoms with Gasteiger partial charge in [-0.1, -0.05) is 32.4 Å². The summed E-state index contributed by atoms with van der Waals surface area (Å²) >= 11 is 1.71. The topological polar surface area (TPSA) is 55.1 Å². The van der Waals surface area contributed by atoms with Gasteiger partial charge in [-0.3, -0.25) is 4.79 Å². The number of hydrogen-bond acceptors (Lipinski definition) is 3. The van der Waals surface area contributed by atoms with E-state index in [1.54, 1.807) is 11.8 Å². The van der Waals surface area contributed by atoms with E-state index in [-0.39, 0.29) is 24.2 Å². The molecule has 1 rings (SSSR count). The molecule has 3 nitrogen and oxygen atoms in total. The lowest BCUT2D eigenvalue weighted by Crippen LogP contribution is -2.44. The number of thioether (sulfide) groups is 1. The second-order valence-electron chi connectivity index (χ2n) is 4.48. The molecule has 0 heterocycles. The molecule has 1 amide bonds. The van der Waals surface area contributed by atoms with E-state index in [4.69, 9.17) is 5.73 Å². The van der Waals surface area contributed by atoms with Crippen LogP contribution in [0, 0.1) is 5.92 Å². The van der Waals surface area contributed by atoms with E-state index in [2.05, 4.69) is 17.4 Å². The third kappa shape index (κ3) is 5.85. The molecule has 108 valence electrons. The van der Waals surface area contributed by atoms with Crippen LogP contribution in [0.3, 0.4) is 0 Å². The number of benzene rings is 1. The standard InChI is InChI=1S/C14H22N2OS.ClH/c1-4-10(2)13(15)14(17)16-9-11-5-7-12(18-3)8-6-11;/h5-8,10,13H,4,9,15H2,1-3H3,(H,16,17);1H. The monoisotopic (exact) mass is 302 g/mol. The van der Waals surface area contributed by atoms with Gasteiger partial charge in [-0.15, -0.1) is 24.2 Å². The van der Waals surface area contributed by atoms with Crippen molar-refractivity contribution in [2.45, 2.75) is 37.8 Å². The van der Waals surface area contributed by atoms with Crippen LogP contribution in [0.1, 0.15) is 25.8 Å². The molecule has 1 aromatic carbocycles. The average molecular weight is 303 g/mol. The number of carbonyl (C=O) groups excluding carboxylic acids is 1. The van der Waals surface area contributed by atoms with Gasteiger partial charge in [0.05, 0.1) is 6.04 Å². The van der Waals surface area contributed by atoms with E-state index in [0.29, 0.717) is 6.54 Å². The molecule has 0 saturated heterocycles. The summed E-state index contributed by atoms with van der Waals surface area (Å²) in [7, 11) is 0. The summed E-state index contributed by atoms with van der Waals surface area (Å²) in [5, 5.41) is 2.88. The number of amides is 1. The second-order valence-corrected chi connectivity index (χ2v) is 5.36. The minimum Gasteiger partial charge on any atom is -0.351 e. The van der Waals surface area contributed by atoms with Gasteiger partial charge in [-0.2, -0.15) is 0 Å². The zero-order chi connectivity index (χ0) is 13.5. The number of nitrogens with one attached hydrogen (secondary N) is 1. The van der Waals surface area contributed by atoms with Crippen molar-refractivity contribution in [2.75, 3.05) is 6.26 Å². The molecule has 19 heavy (non-hydrogen) atoms. The van der Waals surface area contributed by atoms with Crippen LogP contribution in [0.25, 0.3) is 0 Å². The van der Waals surface area contributed by atoms with Crippen molar-refractivity contribution in [1.82, 2.24) is 5.32 Å². The Labute approximate surface area is 126 Å². The molecule has 2 atom stereocenters. The van der Waals surface area contributed by atoms with Gasteiger partial charge in [-0.05, 0) is 29.9 Å². The molecule has 0 aromatic heterocycles. The van der Waals surface area contributed by atoms with Crippen LogP contribution in [0.5, 0.6) is 0 Å². The van der Waals surface area contributed by atoms with E-state index in [1.807, 2.05) is 32.2 Å². The highest BCUT2D eigenvalue weighted by Crippen LogP contribution is 2.14. The summed E-state index contributed by atoms with van der Waals surface area (Å²) in [5.74, 6) is 0.141. The van der Waals surface area contributed by atoms with Crippen molar-refractivity contribution in [3.05, 3.63) is 29.8 Å². The van der Waals surface area contributed by atoms with E-state index < -0.39 is 6.04 Å². The lowest BCUT2D eigenvalue weighted by atomic mass is 9.99. The van der Waals surface area contributed by atoms with E-state index in [1.165, 1.54) is 4.90 Å². The first-order valence-electron chi connectivity index (χ1n) is 6.24. The first kappa shape index (κ1) is 18.3. The molecule has 0 aliphatic heterocycles. The summed E-state index contributed by atoms with van der Waals surface area (Å²) in [5.41, 5.74) is 6.96. The molecule has 1 aromatic rings. The van der Waals surface area contributed by atoms with Crippen LogP contribution in [-0.4, -0.2) is 18.2 Å². The van der Waals surface area contributed by atoms with Gasteiger partial charge in [0.2, 0.25) is 5.91 Å². The number of nitrogens with two attached hydrogens (primary N) is 1. The van der Waals surface area contributed by atoms with Crippen LogP contribution in [0.2, 0.25) is 0 Å². The van der Waals surface area contributed by atoms with Crippen molar-refractivity contribution < 1.29 is 4.79 Å². The van der Waals surface area contributed by atoms with Crippen LogP contribution >= 0.6 is 24.2 Å². The Morgan fingerprint density at radius 2 is 1.95 bits per heavy atom. The fourth-order valence-electron chi connectivity index (χ4n) is 1.56. The maximum Gasteiger partial charge on any atom is 0.237 e. The number of halogens is 1. The molecule has 3 N–H and O–H groups in total. The Morgan fingerprint density at radius 3 is 2.42 bits per heavy atom. The quantitative estimate of drug-likeness (QED) is 0.795. The Morgan fingerprint density at radius 1 is 1.37 bits per heavy atom. The molecule has 0 spiro atoms. The molecular formula is C14H23ClN2OS. The molecule has 0 aliphatic rings. The Bertz CT molecular complexity index is 384. The van der Waals surface area contributed by atoms with Crippen molar-refractivity contribution in [1.29, 1.82) is 0 Å². The Kier molecular flexibility index (Phi) is 8.89. The lowest BCUT2D eigenvalue weighted by Gasteiger charge is -2.17. The molecule has 0 aliphatic carbocycles. The second kappa shape index (κ2) is 9.23. The Hall–Kier alpha value is -0.710. The molecule has 0 saturated carbocycles. The summed E-state index contributed by atoms with van der Waals surface area (Å²) in [6, 6.07) is 7.75. The predicted molar refractivity (Wildman–Crippen MR) is 84.7 cm³/mol. The van der Waals surface area contributed by atoms with Gasteiger partial charge in [0.1, 0.15) is 0 Å². The first-order chi connectivity index (χ1) is 8.58. The first-order valence-corrected chi connectivity index (χ1v) is 7.47. The fourth-order valence-corrected chi connectivity index (χ4v) is 1.97. The minimum atomic E-state index is -0.416. The zero-order valence-corrected chi connectivity index (χ0v) is 13.3. The van der Waals surface area contributed by atoms with Crippen LogP contribution in [0.15, 0.2) is 29.2 Å². The van der Waals surface area contributed by atoms with Crippen molar-refractivity contribution in [3.63, 3.8) is 0 Å². The van der Waals surface area contributed by atoms with E-state index >= 15 is 0 Å². The third-order valence-corrected chi connectivity index (χ3v) is 3.93. The highest BCUT2D eigenvalue weighted by Gasteiger charge is 2.18. The normalized spacial score (nSPS) is 13.3. The van der Waals surface area contributed by atoms with Crippen molar-refractivity contribution >= 4 is 30.1 Å². The van der Waals surface area contributed by atoms with Gasteiger partial charge in [0.25, 0.3) is 0 Å². The maximum atomic E-state index is 11.8. The minimum absolute atomic E-state index is 0. The van der Waals surface area contributed by atoms with Crippen LogP contribution < -0.4 is 11.1 Å². The Balaban J connectivity index is 0.00000324. The van der Waals surface area contributed by atoms with E-state index in [0.717, 1.165) is 12.0 Å². The summed E-state index contributed by atoms with van der Waals surface area (Å²) in [6.45, 7) is 4.58. The molecule has 5 heteroatoms. The third-order valence-electron chi connectivity index (χ3n) is 3.19. The van der Waals surface area contributed by atoms with Crippen molar-refractivity contribution in [3.8, 4) is 0 Å².